The Morgan fingerprint density at radius 2 is 1.73 bits per heavy atom. The van der Waals surface area contributed by atoms with E-state index in [1.165, 1.54) is 30.3 Å². The molecule has 1 fully saturated rings. The molecule has 0 amide bonds. The predicted molar refractivity (Wildman–Crippen MR) is 129 cm³/mol. The molecule has 0 unspecified atom stereocenters. The number of ether oxygens (including phenoxy) is 1. The molecule has 4 aromatic rings. The van der Waals surface area contributed by atoms with Crippen LogP contribution in [0.15, 0.2) is 70.2 Å². The van der Waals surface area contributed by atoms with E-state index in [1.54, 1.807) is 23.0 Å². The van der Waals surface area contributed by atoms with Crippen molar-refractivity contribution in [1.82, 2.24) is 24.6 Å². The SMILES string of the molecule is CN1CCN(c2cc(Cn3cc(-c4nc(-c5ccc(OC(F)(F)F)cc5)no4)ccc3=O)ccn2)CC1. The van der Waals surface area contributed by atoms with Crippen LogP contribution in [0.5, 0.6) is 5.75 Å². The van der Waals surface area contributed by atoms with Gasteiger partial charge in [0.1, 0.15) is 11.6 Å². The van der Waals surface area contributed by atoms with E-state index in [1.807, 2.05) is 12.1 Å². The van der Waals surface area contributed by atoms with Gasteiger partial charge < -0.3 is 23.6 Å². The molecule has 9 nitrogen and oxygen atoms in total. The maximum absolute atomic E-state index is 12.6. The zero-order chi connectivity index (χ0) is 26.0. The first-order chi connectivity index (χ1) is 17.7. The molecule has 0 aliphatic carbocycles. The molecule has 4 heterocycles. The molecule has 3 aromatic heterocycles. The van der Waals surface area contributed by atoms with Crippen LogP contribution in [0.3, 0.4) is 0 Å². The number of likely N-dealkylation sites (N-methyl/N-ethyl adjacent to an activating group) is 1. The van der Waals surface area contributed by atoms with Gasteiger partial charge in [-0.25, -0.2) is 4.98 Å². The van der Waals surface area contributed by atoms with Crippen molar-refractivity contribution in [2.24, 2.45) is 0 Å². The molecule has 0 spiro atoms. The summed E-state index contributed by atoms with van der Waals surface area (Å²) >= 11 is 0. The summed E-state index contributed by atoms with van der Waals surface area (Å²) in [6.07, 6.45) is -1.39. The molecular weight excluding hydrogens is 489 g/mol. The Hall–Kier alpha value is -4.19. The topological polar surface area (TPSA) is 89.5 Å². The summed E-state index contributed by atoms with van der Waals surface area (Å²) in [5, 5.41) is 3.92. The van der Waals surface area contributed by atoms with Crippen LogP contribution in [-0.2, 0) is 6.54 Å². The van der Waals surface area contributed by atoms with E-state index in [0.29, 0.717) is 17.7 Å². The Kier molecular flexibility index (Phi) is 6.66. The lowest BCUT2D eigenvalue weighted by atomic mass is 10.2. The van der Waals surface area contributed by atoms with Gasteiger partial charge in [0.2, 0.25) is 5.82 Å². The lowest BCUT2D eigenvalue weighted by Crippen LogP contribution is -2.44. The lowest BCUT2D eigenvalue weighted by Gasteiger charge is -2.33. The minimum absolute atomic E-state index is 0.173. The highest BCUT2D eigenvalue weighted by Gasteiger charge is 2.31. The molecule has 0 radical (unpaired) electrons. The average molecular weight is 512 g/mol. The lowest BCUT2D eigenvalue weighted by molar-refractivity contribution is -0.274. The average Bonchev–Trinajstić information content (AvgIpc) is 3.36. The van der Waals surface area contributed by atoms with Crippen molar-refractivity contribution in [3.05, 3.63) is 76.8 Å². The van der Waals surface area contributed by atoms with Crippen molar-refractivity contribution in [2.45, 2.75) is 12.9 Å². The van der Waals surface area contributed by atoms with Crippen LogP contribution in [-0.4, -0.2) is 64.2 Å². The monoisotopic (exact) mass is 512 g/mol. The highest BCUT2D eigenvalue weighted by molar-refractivity contribution is 5.60. The zero-order valence-electron chi connectivity index (χ0n) is 19.9. The van der Waals surface area contributed by atoms with Crippen molar-refractivity contribution in [1.29, 1.82) is 0 Å². The largest absolute Gasteiger partial charge is 0.573 e. The number of hydrogen-bond acceptors (Lipinski definition) is 8. The van der Waals surface area contributed by atoms with E-state index in [2.05, 4.69) is 36.7 Å². The van der Waals surface area contributed by atoms with Gasteiger partial charge in [-0.15, -0.1) is 13.2 Å². The summed E-state index contributed by atoms with van der Waals surface area (Å²) < 4.78 is 47.9. The van der Waals surface area contributed by atoms with Crippen LogP contribution in [0.25, 0.3) is 22.8 Å². The van der Waals surface area contributed by atoms with Gasteiger partial charge in [-0.2, -0.15) is 4.98 Å². The first-order valence-electron chi connectivity index (χ1n) is 11.5. The second-order valence-electron chi connectivity index (χ2n) is 8.69. The zero-order valence-corrected chi connectivity index (χ0v) is 19.9. The quantitative estimate of drug-likeness (QED) is 0.387. The standard InChI is InChI=1S/C25H23F3N6O3/c1-32-10-12-33(13-11-32)21-14-17(8-9-29-21)15-34-16-19(4-7-22(34)35)24-30-23(31-37-24)18-2-5-20(6-3-18)36-25(26,27)28/h2-9,14,16H,10-13,15H2,1H3. The van der Waals surface area contributed by atoms with Gasteiger partial charge in [0.05, 0.1) is 12.1 Å². The molecule has 0 N–H and O–H groups in total. The minimum Gasteiger partial charge on any atom is -0.406 e. The third-order valence-electron chi connectivity index (χ3n) is 5.99. The fraction of sp³-hybridized carbons (Fsp3) is 0.280. The smallest absolute Gasteiger partial charge is 0.406 e. The number of pyridine rings is 2. The third kappa shape index (κ3) is 5.97. The minimum atomic E-state index is -4.77. The second kappa shape index (κ2) is 10.1. The Balaban J connectivity index is 1.33. The van der Waals surface area contributed by atoms with Crippen molar-refractivity contribution in [2.75, 3.05) is 38.1 Å². The summed E-state index contributed by atoms with van der Waals surface area (Å²) in [5.74, 6) is 0.895. The molecule has 1 aromatic carbocycles. The Morgan fingerprint density at radius 1 is 1.00 bits per heavy atom. The number of nitrogens with zero attached hydrogens (tertiary/aromatic N) is 6. The highest BCUT2D eigenvalue weighted by Crippen LogP contribution is 2.27. The molecule has 5 rings (SSSR count). The van der Waals surface area contributed by atoms with Gasteiger partial charge in [-0.05, 0) is 55.1 Å². The number of rotatable bonds is 6. The second-order valence-corrected chi connectivity index (χ2v) is 8.69. The fourth-order valence-corrected chi connectivity index (χ4v) is 4.01. The Labute approximate surface area is 209 Å². The maximum Gasteiger partial charge on any atom is 0.573 e. The molecule has 1 aliphatic heterocycles. The number of hydrogen-bond donors (Lipinski definition) is 0. The molecular formula is C25H23F3N6O3. The van der Waals surface area contributed by atoms with Crippen molar-refractivity contribution < 1.29 is 22.4 Å². The van der Waals surface area contributed by atoms with Crippen LogP contribution in [0.4, 0.5) is 19.0 Å². The summed E-state index contributed by atoms with van der Waals surface area (Å²) in [5.41, 5.74) is 1.71. The number of aromatic nitrogens is 4. The molecule has 192 valence electrons. The number of anilines is 1. The highest BCUT2D eigenvalue weighted by atomic mass is 19.4. The number of alkyl halides is 3. The molecule has 0 saturated carbocycles. The van der Waals surface area contributed by atoms with E-state index in [9.17, 15) is 18.0 Å². The molecule has 0 bridgehead atoms. The van der Waals surface area contributed by atoms with E-state index in [4.69, 9.17) is 4.52 Å². The van der Waals surface area contributed by atoms with Gasteiger partial charge in [0.25, 0.3) is 11.4 Å². The molecule has 0 atom stereocenters. The van der Waals surface area contributed by atoms with Gasteiger partial charge in [-0.1, -0.05) is 5.16 Å². The molecule has 1 aliphatic rings. The van der Waals surface area contributed by atoms with Gasteiger partial charge in [-0.3, -0.25) is 4.79 Å². The van der Waals surface area contributed by atoms with Crippen LogP contribution in [0.1, 0.15) is 5.56 Å². The Bertz CT molecular complexity index is 1430. The first kappa shape index (κ1) is 24.5. The predicted octanol–water partition coefficient (Wildman–Crippen LogP) is 3.66. The number of piperazine rings is 1. The van der Waals surface area contributed by atoms with E-state index in [-0.39, 0.29) is 23.0 Å². The van der Waals surface area contributed by atoms with E-state index in [0.717, 1.165) is 37.6 Å². The van der Waals surface area contributed by atoms with Crippen LogP contribution >= 0.6 is 0 Å². The van der Waals surface area contributed by atoms with Crippen molar-refractivity contribution in [3.8, 4) is 28.6 Å². The molecule has 1 saturated heterocycles. The number of benzene rings is 1. The van der Waals surface area contributed by atoms with Gasteiger partial charge in [0, 0.05) is 50.2 Å². The summed E-state index contributed by atoms with van der Waals surface area (Å²) in [6, 6.07) is 12.0. The summed E-state index contributed by atoms with van der Waals surface area (Å²) in [4.78, 5) is 25.9. The normalized spacial score (nSPS) is 14.6. The molecule has 37 heavy (non-hydrogen) atoms. The van der Waals surface area contributed by atoms with E-state index >= 15 is 0 Å². The maximum atomic E-state index is 12.6. The molecule has 12 heteroatoms. The van der Waals surface area contributed by atoms with Crippen molar-refractivity contribution in [3.63, 3.8) is 0 Å². The van der Waals surface area contributed by atoms with Crippen molar-refractivity contribution >= 4 is 5.82 Å². The van der Waals surface area contributed by atoms with Crippen LogP contribution in [0.2, 0.25) is 0 Å². The van der Waals surface area contributed by atoms with E-state index < -0.39 is 6.36 Å². The fourth-order valence-electron chi connectivity index (χ4n) is 4.01. The van der Waals surface area contributed by atoms with Crippen LogP contribution < -0.4 is 15.2 Å². The first-order valence-corrected chi connectivity index (χ1v) is 11.5. The van der Waals surface area contributed by atoms with Gasteiger partial charge >= 0.3 is 6.36 Å². The summed E-state index contributed by atoms with van der Waals surface area (Å²) in [7, 11) is 2.09. The Morgan fingerprint density at radius 3 is 2.46 bits per heavy atom. The van der Waals surface area contributed by atoms with Crippen LogP contribution in [0, 0.1) is 0 Å². The number of halogens is 3. The summed E-state index contributed by atoms with van der Waals surface area (Å²) in [6.45, 7) is 4.04. The third-order valence-corrected chi connectivity index (χ3v) is 5.99. The van der Waals surface area contributed by atoms with Gasteiger partial charge in [0.15, 0.2) is 0 Å².